The summed E-state index contributed by atoms with van der Waals surface area (Å²) < 4.78 is 0. The van der Waals surface area contributed by atoms with Gasteiger partial charge in [0, 0.05) is 6.20 Å². The van der Waals surface area contributed by atoms with Gasteiger partial charge in [-0.3, -0.25) is 4.98 Å². The molecule has 0 saturated carbocycles. The smallest absolute Gasteiger partial charge is 0.0658 e. The predicted octanol–water partition coefficient (Wildman–Crippen LogP) is 3.04. The van der Waals surface area contributed by atoms with Crippen LogP contribution >= 0.6 is 0 Å². The molecule has 0 aliphatic rings. The van der Waals surface area contributed by atoms with Crippen molar-refractivity contribution in [3.8, 4) is 0 Å². The molecule has 0 bridgehead atoms. The fourth-order valence-corrected chi connectivity index (χ4v) is 1.20. The topological polar surface area (TPSA) is 12.9 Å². The van der Waals surface area contributed by atoms with Gasteiger partial charge in [-0.25, -0.2) is 0 Å². The second-order valence-corrected chi connectivity index (χ2v) is 2.50. The molecule has 0 fully saturated rings. The van der Waals surface area contributed by atoms with E-state index in [2.05, 4.69) is 18.0 Å². The van der Waals surface area contributed by atoms with Crippen molar-refractivity contribution in [3.05, 3.63) is 28.4 Å². The molecule has 0 saturated heterocycles. The number of aromatic nitrogens is 1. The molecular weight excluding hydrogens is 182 g/mol. The normalized spacial score (nSPS) is 11.1. The monoisotopic (exact) mass is 207 g/mol. The van der Waals surface area contributed by atoms with Gasteiger partial charge >= 0.3 is 0 Å². The Morgan fingerprint density at radius 3 is 1.87 bits per heavy atom. The summed E-state index contributed by atoms with van der Waals surface area (Å²) in [6.07, 6.45) is 5.97. The highest BCUT2D eigenvalue weighted by Gasteiger charge is 1.87. The first-order chi connectivity index (χ1) is 7.29. The highest BCUT2D eigenvalue weighted by atomic mass is 14.6. The first-order valence-electron chi connectivity index (χ1n) is 5.84. The van der Waals surface area contributed by atoms with Gasteiger partial charge in [-0.15, -0.1) is 0 Å². The van der Waals surface area contributed by atoms with Crippen LogP contribution in [0.3, 0.4) is 0 Å². The second kappa shape index (κ2) is 11.0. The number of rotatable bonds is 0. The summed E-state index contributed by atoms with van der Waals surface area (Å²) in [6.45, 7) is 14.1. The van der Waals surface area contributed by atoms with Crippen molar-refractivity contribution < 1.29 is 0 Å². The van der Waals surface area contributed by atoms with Crippen LogP contribution in [0.4, 0.5) is 0 Å². The van der Waals surface area contributed by atoms with Gasteiger partial charge in [0.05, 0.1) is 5.35 Å². The van der Waals surface area contributed by atoms with Gasteiger partial charge in [0.25, 0.3) is 0 Å². The molecule has 1 heterocycles. The summed E-state index contributed by atoms with van der Waals surface area (Å²) in [7, 11) is 0. The van der Waals surface area contributed by atoms with Gasteiger partial charge in [-0.05, 0) is 37.6 Å². The van der Waals surface area contributed by atoms with E-state index in [4.69, 9.17) is 0 Å². The molecule has 0 radical (unpaired) electrons. The fraction of sp³-hybridized carbons (Fsp3) is 0.500. The summed E-state index contributed by atoms with van der Waals surface area (Å²) >= 11 is 0. The Hall–Kier alpha value is -1.11. The van der Waals surface area contributed by atoms with Gasteiger partial charge in [-0.2, -0.15) is 0 Å². The van der Waals surface area contributed by atoms with E-state index in [0.29, 0.717) is 0 Å². The highest BCUT2D eigenvalue weighted by Crippen LogP contribution is 1.80. The van der Waals surface area contributed by atoms with Crippen LogP contribution in [-0.2, 0) is 0 Å². The maximum absolute atomic E-state index is 4.24. The minimum absolute atomic E-state index is 1.08. The molecular formula is C14H25N. The zero-order valence-corrected chi connectivity index (χ0v) is 11.3. The van der Waals surface area contributed by atoms with Crippen LogP contribution < -0.4 is 10.6 Å². The van der Waals surface area contributed by atoms with Crippen LogP contribution in [0.5, 0.6) is 0 Å². The zero-order valence-electron chi connectivity index (χ0n) is 11.3. The summed E-state index contributed by atoms with van der Waals surface area (Å²) in [4.78, 5) is 4.24. The average molecular weight is 207 g/mol. The largest absolute Gasteiger partial charge is 0.257 e. The van der Waals surface area contributed by atoms with Crippen molar-refractivity contribution in [2.45, 2.75) is 48.5 Å². The number of hydrogen-bond acceptors (Lipinski definition) is 1. The molecule has 1 aromatic rings. The highest BCUT2D eigenvalue weighted by molar-refractivity contribution is 5.29. The molecule has 1 heteroatoms. The van der Waals surface area contributed by atoms with E-state index in [1.807, 2.05) is 59.9 Å². The molecule has 0 unspecified atom stereocenters. The average Bonchev–Trinajstić information content (AvgIpc) is 2.33. The molecule has 0 atom stereocenters. The van der Waals surface area contributed by atoms with Crippen molar-refractivity contribution in [2.24, 2.45) is 0 Å². The first kappa shape index (κ1) is 16.3. The van der Waals surface area contributed by atoms with E-state index >= 15 is 0 Å². The van der Waals surface area contributed by atoms with Crippen LogP contribution in [0.2, 0.25) is 0 Å². The molecule has 0 aliphatic heterocycles. The van der Waals surface area contributed by atoms with E-state index in [1.54, 1.807) is 0 Å². The van der Waals surface area contributed by atoms with E-state index in [0.717, 1.165) is 5.35 Å². The van der Waals surface area contributed by atoms with Crippen molar-refractivity contribution in [3.63, 3.8) is 0 Å². The molecule has 0 aromatic carbocycles. The Morgan fingerprint density at radius 2 is 1.53 bits per heavy atom. The van der Waals surface area contributed by atoms with Crippen LogP contribution in [0.15, 0.2) is 12.3 Å². The molecule has 0 spiro atoms. The Morgan fingerprint density at radius 1 is 1.00 bits per heavy atom. The molecule has 1 aromatic heterocycles. The van der Waals surface area contributed by atoms with E-state index < -0.39 is 0 Å². The molecule has 0 amide bonds. The molecule has 1 nitrogen and oxygen atoms in total. The summed E-state index contributed by atoms with van der Waals surface area (Å²) in [6, 6.07) is 2.03. The third kappa shape index (κ3) is 5.36. The van der Waals surface area contributed by atoms with Gasteiger partial charge < -0.3 is 0 Å². The molecule has 86 valence electrons. The van der Waals surface area contributed by atoms with Gasteiger partial charge in [0.15, 0.2) is 0 Å². The lowest BCUT2D eigenvalue weighted by molar-refractivity contribution is 1.18. The maximum atomic E-state index is 4.24. The minimum atomic E-state index is 1.08. The summed E-state index contributed by atoms with van der Waals surface area (Å²) in [5.74, 6) is 0. The van der Waals surface area contributed by atoms with E-state index in [-0.39, 0.29) is 0 Å². The third-order valence-electron chi connectivity index (χ3n) is 1.80. The third-order valence-corrected chi connectivity index (χ3v) is 1.80. The fourth-order valence-electron chi connectivity index (χ4n) is 1.20. The maximum Gasteiger partial charge on any atom is 0.0658 e. The first-order valence-corrected chi connectivity index (χ1v) is 5.84. The number of aryl methyl sites for hydroxylation is 1. The van der Waals surface area contributed by atoms with Crippen LogP contribution in [-0.4, -0.2) is 4.98 Å². The van der Waals surface area contributed by atoms with Crippen LogP contribution in [0.1, 0.15) is 47.1 Å². The van der Waals surface area contributed by atoms with Crippen molar-refractivity contribution >= 4 is 12.2 Å². The summed E-state index contributed by atoms with van der Waals surface area (Å²) in [5.41, 5.74) is 1.29. The number of nitrogens with zero attached hydrogens (tertiary/aromatic N) is 1. The quantitative estimate of drug-likeness (QED) is 0.637. The van der Waals surface area contributed by atoms with Gasteiger partial charge in [0.2, 0.25) is 0 Å². The standard InChI is InChI=1S/C10H13N.2C2H6/c1-4-9-8(3)6-7-11-10(9)5-2;2*1-2/h4-7H,1-3H3;2*1-2H3/b9-4-,10-5+;;. The molecule has 1 rings (SSSR count). The Balaban J connectivity index is 0. The molecule has 0 N–H and O–H groups in total. The zero-order chi connectivity index (χ0) is 12.3. The SMILES string of the molecule is C/C=c1/c(C)ccn/c1=C/C.CC.CC. The Labute approximate surface area is 94.6 Å². The van der Waals surface area contributed by atoms with E-state index in [9.17, 15) is 0 Å². The number of pyridine rings is 1. The van der Waals surface area contributed by atoms with Gasteiger partial charge in [-0.1, -0.05) is 39.8 Å². The van der Waals surface area contributed by atoms with Crippen LogP contribution in [0.25, 0.3) is 12.2 Å². The van der Waals surface area contributed by atoms with Gasteiger partial charge in [0.1, 0.15) is 0 Å². The van der Waals surface area contributed by atoms with Crippen molar-refractivity contribution in [2.75, 3.05) is 0 Å². The minimum Gasteiger partial charge on any atom is -0.257 e. The lowest BCUT2D eigenvalue weighted by Crippen LogP contribution is -2.29. The van der Waals surface area contributed by atoms with Crippen LogP contribution in [0, 0.1) is 6.92 Å². The second-order valence-electron chi connectivity index (χ2n) is 2.50. The Kier molecular flexibility index (Phi) is 11.9. The molecule has 0 aliphatic carbocycles. The van der Waals surface area contributed by atoms with Crippen molar-refractivity contribution in [1.82, 2.24) is 4.98 Å². The van der Waals surface area contributed by atoms with E-state index in [1.165, 1.54) is 10.8 Å². The predicted molar refractivity (Wildman–Crippen MR) is 71.2 cm³/mol. The lowest BCUT2D eigenvalue weighted by Gasteiger charge is -1.92. The lowest BCUT2D eigenvalue weighted by atomic mass is 10.2. The van der Waals surface area contributed by atoms with Crippen molar-refractivity contribution in [1.29, 1.82) is 0 Å². The summed E-state index contributed by atoms with van der Waals surface area (Å²) in [5, 5.41) is 2.32. The molecule has 15 heavy (non-hydrogen) atoms. The number of hydrogen-bond donors (Lipinski definition) is 0. The Bertz CT molecular complexity index is 350.